The number of aromatic nitrogens is 2. The van der Waals surface area contributed by atoms with Gasteiger partial charge in [-0.15, -0.1) is 0 Å². The van der Waals surface area contributed by atoms with E-state index >= 15 is 0 Å². The van der Waals surface area contributed by atoms with Gasteiger partial charge in [0.05, 0.1) is 12.3 Å². The van der Waals surface area contributed by atoms with Crippen molar-refractivity contribution in [3.8, 4) is 0 Å². The third-order valence-corrected chi connectivity index (χ3v) is 5.05. The molecule has 1 aromatic rings. The van der Waals surface area contributed by atoms with Gasteiger partial charge in [-0.1, -0.05) is 19.3 Å². The Bertz CT molecular complexity index is 497. The molecule has 23 heavy (non-hydrogen) atoms. The van der Waals surface area contributed by atoms with Crippen LogP contribution in [-0.2, 0) is 16.1 Å². The molecular weight excluding hydrogens is 290 g/mol. The van der Waals surface area contributed by atoms with Crippen LogP contribution in [-0.4, -0.2) is 42.9 Å². The lowest BCUT2D eigenvalue weighted by Crippen LogP contribution is -2.37. The van der Waals surface area contributed by atoms with E-state index in [4.69, 9.17) is 19.4 Å². The van der Waals surface area contributed by atoms with Crippen LogP contribution in [0.25, 0.3) is 0 Å². The van der Waals surface area contributed by atoms with E-state index in [-0.39, 0.29) is 0 Å². The van der Waals surface area contributed by atoms with E-state index in [1.54, 1.807) is 7.11 Å². The van der Waals surface area contributed by atoms with E-state index < -0.39 is 0 Å². The summed E-state index contributed by atoms with van der Waals surface area (Å²) >= 11 is 0. The van der Waals surface area contributed by atoms with E-state index in [0.29, 0.717) is 18.6 Å². The van der Waals surface area contributed by atoms with Gasteiger partial charge in [-0.25, -0.2) is 9.97 Å². The fraction of sp³-hybridized carbons (Fsp3) is 0.778. The summed E-state index contributed by atoms with van der Waals surface area (Å²) in [7, 11) is 1.70. The third-order valence-electron chi connectivity index (χ3n) is 5.05. The Labute approximate surface area is 139 Å². The Morgan fingerprint density at radius 1 is 1.22 bits per heavy atom. The van der Waals surface area contributed by atoms with Crippen LogP contribution in [0.15, 0.2) is 6.07 Å². The van der Waals surface area contributed by atoms with Gasteiger partial charge in [0.1, 0.15) is 12.4 Å². The van der Waals surface area contributed by atoms with E-state index in [0.717, 1.165) is 43.5 Å². The fourth-order valence-electron chi connectivity index (χ4n) is 3.82. The molecular formula is C18H29N3O2. The molecule has 128 valence electrons. The maximum atomic E-state index is 5.55. The highest BCUT2D eigenvalue weighted by atomic mass is 16.5. The number of methoxy groups -OCH3 is 1. The average Bonchev–Trinajstić information content (AvgIpc) is 3.11. The SMILES string of the molecule is CCN(c1cc(C2CCOC2)nc(COC)n1)C1CCCCC1. The van der Waals surface area contributed by atoms with Gasteiger partial charge in [0.25, 0.3) is 0 Å². The summed E-state index contributed by atoms with van der Waals surface area (Å²) in [5.41, 5.74) is 1.12. The van der Waals surface area contributed by atoms with E-state index in [1.165, 1.54) is 32.1 Å². The van der Waals surface area contributed by atoms with Gasteiger partial charge in [0.15, 0.2) is 5.82 Å². The summed E-state index contributed by atoms with van der Waals surface area (Å²) in [6.45, 7) is 5.30. The number of anilines is 1. The smallest absolute Gasteiger partial charge is 0.156 e. The highest BCUT2D eigenvalue weighted by molar-refractivity contribution is 5.42. The summed E-state index contributed by atoms with van der Waals surface area (Å²) in [6, 6.07) is 2.81. The summed E-state index contributed by atoms with van der Waals surface area (Å²) < 4.78 is 10.8. The van der Waals surface area contributed by atoms with Crippen LogP contribution in [0.5, 0.6) is 0 Å². The molecule has 2 fully saturated rings. The molecule has 2 aliphatic rings. The van der Waals surface area contributed by atoms with Crippen LogP contribution in [0.3, 0.4) is 0 Å². The van der Waals surface area contributed by atoms with Gasteiger partial charge < -0.3 is 14.4 Å². The fourth-order valence-corrected chi connectivity index (χ4v) is 3.82. The van der Waals surface area contributed by atoms with Crippen molar-refractivity contribution in [2.75, 3.05) is 31.8 Å². The second-order valence-electron chi connectivity index (χ2n) is 6.64. The van der Waals surface area contributed by atoms with Crippen LogP contribution >= 0.6 is 0 Å². The monoisotopic (exact) mass is 319 g/mol. The lowest BCUT2D eigenvalue weighted by atomic mass is 9.94. The Morgan fingerprint density at radius 2 is 2.04 bits per heavy atom. The second-order valence-corrected chi connectivity index (χ2v) is 6.64. The lowest BCUT2D eigenvalue weighted by molar-refractivity contribution is 0.177. The maximum Gasteiger partial charge on any atom is 0.156 e. The van der Waals surface area contributed by atoms with Crippen molar-refractivity contribution in [2.24, 2.45) is 0 Å². The highest BCUT2D eigenvalue weighted by Gasteiger charge is 2.25. The summed E-state index contributed by atoms with van der Waals surface area (Å²) in [5.74, 6) is 2.27. The minimum atomic E-state index is 0.400. The molecule has 0 aromatic carbocycles. The molecule has 0 spiro atoms. The van der Waals surface area contributed by atoms with E-state index in [2.05, 4.69) is 17.9 Å². The molecule has 1 saturated heterocycles. The van der Waals surface area contributed by atoms with Crippen molar-refractivity contribution < 1.29 is 9.47 Å². The Morgan fingerprint density at radius 3 is 2.70 bits per heavy atom. The maximum absolute atomic E-state index is 5.55. The summed E-state index contributed by atoms with van der Waals surface area (Å²) in [4.78, 5) is 12.0. The predicted molar refractivity (Wildman–Crippen MR) is 90.8 cm³/mol. The van der Waals surface area contributed by atoms with E-state index in [1.807, 2.05) is 0 Å². The van der Waals surface area contributed by atoms with Crippen molar-refractivity contribution in [3.63, 3.8) is 0 Å². The van der Waals surface area contributed by atoms with Crippen molar-refractivity contribution in [2.45, 2.75) is 64.0 Å². The quantitative estimate of drug-likeness (QED) is 0.805. The van der Waals surface area contributed by atoms with Crippen molar-refractivity contribution in [1.82, 2.24) is 9.97 Å². The van der Waals surface area contributed by atoms with Gasteiger partial charge in [0.2, 0.25) is 0 Å². The highest BCUT2D eigenvalue weighted by Crippen LogP contribution is 2.30. The van der Waals surface area contributed by atoms with Gasteiger partial charge in [-0.2, -0.15) is 0 Å². The van der Waals surface area contributed by atoms with Gasteiger partial charge in [-0.05, 0) is 26.2 Å². The molecule has 5 nitrogen and oxygen atoms in total. The molecule has 3 rings (SSSR count). The number of hydrogen-bond donors (Lipinski definition) is 0. The zero-order chi connectivity index (χ0) is 16.1. The van der Waals surface area contributed by atoms with Crippen LogP contribution in [0.4, 0.5) is 5.82 Å². The summed E-state index contributed by atoms with van der Waals surface area (Å²) in [6.07, 6.45) is 7.65. The number of hydrogen-bond acceptors (Lipinski definition) is 5. The van der Waals surface area contributed by atoms with Crippen LogP contribution in [0, 0.1) is 0 Å². The first-order valence-electron chi connectivity index (χ1n) is 9.03. The van der Waals surface area contributed by atoms with Gasteiger partial charge in [0, 0.05) is 38.3 Å². The first kappa shape index (κ1) is 16.7. The Hall–Kier alpha value is -1.20. The summed E-state index contributed by atoms with van der Waals surface area (Å²) in [5, 5.41) is 0. The molecule has 0 bridgehead atoms. The largest absolute Gasteiger partial charge is 0.381 e. The minimum absolute atomic E-state index is 0.400. The molecule has 1 aliphatic carbocycles. The van der Waals surface area contributed by atoms with Gasteiger partial charge >= 0.3 is 0 Å². The van der Waals surface area contributed by atoms with Crippen molar-refractivity contribution in [3.05, 3.63) is 17.6 Å². The van der Waals surface area contributed by atoms with Crippen molar-refractivity contribution in [1.29, 1.82) is 0 Å². The number of rotatable bonds is 6. The Balaban J connectivity index is 1.88. The van der Waals surface area contributed by atoms with E-state index in [9.17, 15) is 0 Å². The standard InChI is InChI=1S/C18H29N3O2/c1-3-21(15-7-5-4-6-8-15)18-11-16(14-9-10-23-12-14)19-17(20-18)13-22-2/h11,14-15H,3-10,12-13H2,1-2H3. The molecule has 1 saturated carbocycles. The number of ether oxygens (including phenoxy) is 2. The molecule has 2 heterocycles. The molecule has 1 aliphatic heterocycles. The first-order valence-corrected chi connectivity index (χ1v) is 9.03. The Kier molecular flexibility index (Phi) is 5.84. The molecule has 0 N–H and O–H groups in total. The average molecular weight is 319 g/mol. The topological polar surface area (TPSA) is 47.5 Å². The zero-order valence-corrected chi connectivity index (χ0v) is 14.5. The molecule has 1 unspecified atom stereocenters. The predicted octanol–water partition coefficient (Wildman–Crippen LogP) is 3.29. The lowest BCUT2D eigenvalue weighted by Gasteiger charge is -2.35. The minimum Gasteiger partial charge on any atom is -0.381 e. The molecule has 5 heteroatoms. The zero-order valence-electron chi connectivity index (χ0n) is 14.5. The molecule has 0 amide bonds. The molecule has 1 aromatic heterocycles. The third kappa shape index (κ3) is 4.01. The van der Waals surface area contributed by atoms with Gasteiger partial charge in [-0.3, -0.25) is 0 Å². The van der Waals surface area contributed by atoms with Crippen molar-refractivity contribution >= 4 is 5.82 Å². The molecule has 1 atom stereocenters. The van der Waals surface area contributed by atoms with Crippen LogP contribution < -0.4 is 4.90 Å². The van der Waals surface area contributed by atoms with Crippen LogP contribution in [0.2, 0.25) is 0 Å². The normalized spacial score (nSPS) is 22.4. The first-order chi connectivity index (χ1) is 11.3. The number of nitrogens with zero attached hydrogens (tertiary/aromatic N) is 3. The second kappa shape index (κ2) is 8.06. The van der Waals surface area contributed by atoms with Crippen LogP contribution in [0.1, 0.15) is 62.9 Å². The molecule has 0 radical (unpaired) electrons.